The fraction of sp³-hybridized carbons (Fsp3) is 0.444. The van der Waals surface area contributed by atoms with E-state index in [0.29, 0.717) is 5.75 Å². The molecule has 1 aromatic rings. The third-order valence-electron chi connectivity index (χ3n) is 1.69. The highest BCUT2D eigenvalue weighted by atomic mass is 32.2. The maximum atomic E-state index is 10.7. The van der Waals surface area contributed by atoms with Crippen LogP contribution in [-0.2, 0) is 10.5 Å². The third kappa shape index (κ3) is 2.81. The smallest absolute Gasteiger partial charge is 0.319 e. The van der Waals surface area contributed by atoms with Gasteiger partial charge in [0.05, 0.1) is 12.5 Å². The van der Waals surface area contributed by atoms with E-state index < -0.39 is 10.7 Å². The fourth-order valence-electron chi connectivity index (χ4n) is 0.700. The van der Waals surface area contributed by atoms with Crippen LogP contribution in [0.3, 0.4) is 0 Å². The average molecular weight is 200 g/mol. The van der Waals surface area contributed by atoms with Crippen LogP contribution in [0.1, 0.15) is 19.4 Å². The summed E-state index contributed by atoms with van der Waals surface area (Å²) in [6, 6.07) is 1.84. The molecule has 4 heteroatoms. The quantitative estimate of drug-likeness (QED) is 0.810. The van der Waals surface area contributed by atoms with Crippen molar-refractivity contribution in [2.24, 2.45) is 0 Å². The summed E-state index contributed by atoms with van der Waals surface area (Å²) < 4.78 is 4.14. The molecule has 1 N–H and O–H groups in total. The second kappa shape index (κ2) is 3.87. The lowest BCUT2D eigenvalue weighted by Crippen LogP contribution is -2.27. The zero-order valence-corrected chi connectivity index (χ0v) is 8.43. The normalized spacial score (nSPS) is 11.5. The Hall–Kier alpha value is -0.900. The van der Waals surface area contributed by atoms with Gasteiger partial charge >= 0.3 is 5.97 Å². The molecule has 0 radical (unpaired) electrons. The van der Waals surface area contributed by atoms with Crippen molar-refractivity contribution in [3.8, 4) is 0 Å². The molecule has 0 saturated carbocycles. The Kier molecular flexibility index (Phi) is 3.03. The van der Waals surface area contributed by atoms with Gasteiger partial charge in [-0.3, -0.25) is 4.79 Å². The zero-order valence-electron chi connectivity index (χ0n) is 7.61. The van der Waals surface area contributed by atoms with E-state index in [1.807, 2.05) is 6.07 Å². The van der Waals surface area contributed by atoms with Gasteiger partial charge in [-0.1, -0.05) is 0 Å². The number of carboxylic acid groups (broad SMARTS) is 1. The number of carboxylic acids is 1. The monoisotopic (exact) mass is 200 g/mol. The molecular formula is C9H12O3S. The first kappa shape index (κ1) is 10.2. The van der Waals surface area contributed by atoms with E-state index in [2.05, 4.69) is 0 Å². The summed E-state index contributed by atoms with van der Waals surface area (Å²) in [5, 5.41) is 8.83. The molecule has 72 valence electrons. The third-order valence-corrected chi connectivity index (χ3v) is 3.07. The first-order valence-corrected chi connectivity index (χ1v) is 4.89. The van der Waals surface area contributed by atoms with Gasteiger partial charge in [-0.2, -0.15) is 0 Å². The Morgan fingerprint density at radius 3 is 2.85 bits per heavy atom. The molecule has 3 nitrogen and oxygen atoms in total. The zero-order chi connectivity index (χ0) is 9.90. The standard InChI is InChI=1S/C9H12O3S/c1-9(2,8(10)11)13-6-7-3-4-12-5-7/h3-5H,6H2,1-2H3,(H,10,11). The summed E-state index contributed by atoms with van der Waals surface area (Å²) >= 11 is 1.38. The molecular weight excluding hydrogens is 188 g/mol. The first-order chi connectivity index (χ1) is 6.02. The molecule has 0 atom stereocenters. The summed E-state index contributed by atoms with van der Waals surface area (Å²) in [6.07, 6.45) is 3.22. The van der Waals surface area contributed by atoms with Crippen molar-refractivity contribution in [1.82, 2.24) is 0 Å². The summed E-state index contributed by atoms with van der Waals surface area (Å²) in [7, 11) is 0. The van der Waals surface area contributed by atoms with Gasteiger partial charge in [-0.05, 0) is 19.9 Å². The van der Waals surface area contributed by atoms with Crippen molar-refractivity contribution >= 4 is 17.7 Å². The Bertz CT molecular complexity index is 277. The predicted molar refractivity (Wildman–Crippen MR) is 51.7 cm³/mol. The number of furan rings is 1. The van der Waals surface area contributed by atoms with Gasteiger partial charge in [0.2, 0.25) is 0 Å². The van der Waals surface area contributed by atoms with E-state index in [4.69, 9.17) is 9.52 Å². The Morgan fingerprint density at radius 2 is 2.38 bits per heavy atom. The Balaban J connectivity index is 2.47. The molecule has 0 bridgehead atoms. The topological polar surface area (TPSA) is 50.4 Å². The van der Waals surface area contributed by atoms with Crippen LogP contribution in [0.25, 0.3) is 0 Å². The largest absolute Gasteiger partial charge is 0.480 e. The highest BCUT2D eigenvalue weighted by Crippen LogP contribution is 2.28. The minimum absolute atomic E-state index is 0.662. The van der Waals surface area contributed by atoms with E-state index in [-0.39, 0.29) is 0 Å². The van der Waals surface area contributed by atoms with Crippen molar-refractivity contribution in [2.75, 3.05) is 0 Å². The fourth-order valence-corrected chi connectivity index (χ4v) is 1.52. The minimum atomic E-state index is -0.791. The van der Waals surface area contributed by atoms with Gasteiger partial charge in [0.15, 0.2) is 0 Å². The molecule has 0 aliphatic carbocycles. The Morgan fingerprint density at radius 1 is 1.69 bits per heavy atom. The molecule has 1 rings (SSSR count). The van der Waals surface area contributed by atoms with Gasteiger partial charge < -0.3 is 9.52 Å². The van der Waals surface area contributed by atoms with Gasteiger partial charge in [-0.25, -0.2) is 0 Å². The molecule has 0 unspecified atom stereocenters. The summed E-state index contributed by atoms with van der Waals surface area (Å²) in [6.45, 7) is 3.39. The maximum absolute atomic E-state index is 10.7. The van der Waals surface area contributed by atoms with Crippen molar-refractivity contribution < 1.29 is 14.3 Å². The SMILES string of the molecule is CC(C)(SCc1ccoc1)C(=O)O. The summed E-state index contributed by atoms with van der Waals surface area (Å²) in [5.74, 6) is -0.128. The average Bonchev–Trinajstić information content (AvgIpc) is 2.52. The second-order valence-electron chi connectivity index (χ2n) is 3.24. The maximum Gasteiger partial charge on any atom is 0.319 e. The molecule has 0 amide bonds. The predicted octanol–water partition coefficient (Wildman–Crippen LogP) is 2.38. The highest BCUT2D eigenvalue weighted by Gasteiger charge is 2.27. The van der Waals surface area contributed by atoms with Crippen LogP contribution in [0.4, 0.5) is 0 Å². The first-order valence-electron chi connectivity index (χ1n) is 3.91. The molecule has 13 heavy (non-hydrogen) atoms. The molecule has 1 heterocycles. The molecule has 1 aromatic heterocycles. The van der Waals surface area contributed by atoms with Crippen LogP contribution < -0.4 is 0 Å². The molecule has 0 aliphatic heterocycles. The minimum Gasteiger partial charge on any atom is -0.480 e. The van der Waals surface area contributed by atoms with Gasteiger partial charge in [0.1, 0.15) is 4.75 Å². The Labute approximate surface area is 81.1 Å². The van der Waals surface area contributed by atoms with Crippen LogP contribution in [0.2, 0.25) is 0 Å². The van der Waals surface area contributed by atoms with E-state index in [9.17, 15) is 4.79 Å². The molecule has 0 fully saturated rings. The summed E-state index contributed by atoms with van der Waals surface area (Å²) in [5.41, 5.74) is 1.01. The van der Waals surface area contributed by atoms with E-state index in [1.165, 1.54) is 11.8 Å². The number of rotatable bonds is 4. The van der Waals surface area contributed by atoms with Crippen molar-refractivity contribution in [3.05, 3.63) is 24.2 Å². The molecule has 0 aliphatic rings. The lowest BCUT2D eigenvalue weighted by molar-refractivity contribution is -0.138. The van der Waals surface area contributed by atoms with Crippen LogP contribution in [0.15, 0.2) is 23.0 Å². The van der Waals surface area contributed by atoms with Crippen LogP contribution in [0, 0.1) is 0 Å². The van der Waals surface area contributed by atoms with Crippen molar-refractivity contribution in [2.45, 2.75) is 24.3 Å². The van der Waals surface area contributed by atoms with Gasteiger partial charge in [0, 0.05) is 11.3 Å². The lowest BCUT2D eigenvalue weighted by Gasteiger charge is -2.17. The van der Waals surface area contributed by atoms with Crippen LogP contribution in [0.5, 0.6) is 0 Å². The van der Waals surface area contributed by atoms with Crippen LogP contribution in [-0.4, -0.2) is 15.8 Å². The molecule has 0 spiro atoms. The second-order valence-corrected chi connectivity index (χ2v) is 4.83. The number of carbonyl (C=O) groups is 1. The van der Waals surface area contributed by atoms with E-state index in [1.54, 1.807) is 26.4 Å². The number of thioether (sulfide) groups is 1. The molecule has 0 aromatic carbocycles. The van der Waals surface area contributed by atoms with E-state index in [0.717, 1.165) is 5.56 Å². The van der Waals surface area contributed by atoms with E-state index >= 15 is 0 Å². The number of hydrogen-bond acceptors (Lipinski definition) is 3. The highest BCUT2D eigenvalue weighted by molar-refractivity contribution is 8.00. The lowest BCUT2D eigenvalue weighted by atomic mass is 10.2. The number of aliphatic carboxylic acids is 1. The summed E-state index contributed by atoms with van der Waals surface area (Å²) in [4.78, 5) is 10.7. The van der Waals surface area contributed by atoms with Gasteiger partial charge in [0.25, 0.3) is 0 Å². The number of hydrogen-bond donors (Lipinski definition) is 1. The molecule has 0 saturated heterocycles. The van der Waals surface area contributed by atoms with Crippen molar-refractivity contribution in [1.29, 1.82) is 0 Å². The van der Waals surface area contributed by atoms with Crippen LogP contribution >= 0.6 is 11.8 Å². The van der Waals surface area contributed by atoms with Crippen molar-refractivity contribution in [3.63, 3.8) is 0 Å². The van der Waals surface area contributed by atoms with Gasteiger partial charge in [-0.15, -0.1) is 11.8 Å².